The van der Waals surface area contributed by atoms with Gasteiger partial charge in [-0.2, -0.15) is 13.2 Å². The van der Waals surface area contributed by atoms with E-state index in [1.54, 1.807) is 0 Å². The zero-order chi connectivity index (χ0) is 15.7. The number of likely N-dealkylation sites (N-methyl/N-ethyl adjacent to an activating group) is 1. The molecule has 0 bridgehead atoms. The van der Waals surface area contributed by atoms with Crippen LogP contribution in [-0.2, 0) is 11.0 Å². The number of alkyl halides is 3. The highest BCUT2D eigenvalue weighted by Crippen LogP contribution is 2.33. The van der Waals surface area contributed by atoms with Gasteiger partial charge in [-0.15, -0.1) is 0 Å². The molecule has 1 amide bonds. The van der Waals surface area contributed by atoms with Crippen molar-refractivity contribution in [3.63, 3.8) is 0 Å². The van der Waals surface area contributed by atoms with Gasteiger partial charge in [0.05, 0.1) is 11.1 Å². The summed E-state index contributed by atoms with van der Waals surface area (Å²) >= 11 is 0. The van der Waals surface area contributed by atoms with Crippen molar-refractivity contribution in [2.75, 3.05) is 7.05 Å². The van der Waals surface area contributed by atoms with Crippen LogP contribution in [0.4, 0.5) is 13.2 Å². The van der Waals surface area contributed by atoms with E-state index >= 15 is 0 Å². The number of nitrogens with zero attached hydrogens (tertiary/aromatic N) is 1. The Bertz CT molecular complexity index is 538. The molecule has 110 valence electrons. The summed E-state index contributed by atoms with van der Waals surface area (Å²) < 4.78 is 38.5. The van der Waals surface area contributed by atoms with Gasteiger partial charge in [-0.1, -0.05) is 12.1 Å². The van der Waals surface area contributed by atoms with E-state index in [0.29, 0.717) is 0 Å². The lowest BCUT2D eigenvalue weighted by Gasteiger charge is -2.32. The summed E-state index contributed by atoms with van der Waals surface area (Å²) in [4.78, 5) is 24.0. The second kappa shape index (κ2) is 5.15. The Balaban J connectivity index is 3.27. The number of benzene rings is 1. The van der Waals surface area contributed by atoms with Gasteiger partial charge in [0.2, 0.25) is 0 Å². The highest BCUT2D eigenvalue weighted by atomic mass is 19.4. The number of hydrogen-bond donors (Lipinski definition) is 1. The molecule has 0 saturated heterocycles. The lowest BCUT2D eigenvalue weighted by atomic mass is 10.00. The Kier molecular flexibility index (Phi) is 4.12. The van der Waals surface area contributed by atoms with E-state index in [1.165, 1.54) is 26.0 Å². The number of hydrogen-bond acceptors (Lipinski definition) is 2. The number of carboxylic acid groups (broad SMARTS) is 1. The van der Waals surface area contributed by atoms with Crippen LogP contribution >= 0.6 is 0 Å². The molecular formula is C13H14F3NO3. The smallest absolute Gasteiger partial charge is 0.417 e. The van der Waals surface area contributed by atoms with Crippen LogP contribution in [-0.4, -0.2) is 34.5 Å². The van der Waals surface area contributed by atoms with Crippen LogP contribution in [0.15, 0.2) is 24.3 Å². The van der Waals surface area contributed by atoms with Crippen molar-refractivity contribution in [2.24, 2.45) is 0 Å². The van der Waals surface area contributed by atoms with Crippen LogP contribution in [0.5, 0.6) is 0 Å². The topological polar surface area (TPSA) is 57.6 Å². The summed E-state index contributed by atoms with van der Waals surface area (Å²) in [6.07, 6.45) is -4.68. The van der Waals surface area contributed by atoms with Gasteiger partial charge in [0.25, 0.3) is 5.91 Å². The first kappa shape index (κ1) is 16.0. The van der Waals surface area contributed by atoms with E-state index in [1.807, 2.05) is 0 Å². The first-order chi connectivity index (χ1) is 8.99. The minimum Gasteiger partial charge on any atom is -0.480 e. The summed E-state index contributed by atoms with van der Waals surface area (Å²) in [7, 11) is 1.16. The molecule has 0 aromatic heterocycles. The number of rotatable bonds is 3. The molecule has 0 aliphatic heterocycles. The van der Waals surface area contributed by atoms with Crippen LogP contribution in [0.1, 0.15) is 29.8 Å². The monoisotopic (exact) mass is 289 g/mol. The molecule has 20 heavy (non-hydrogen) atoms. The van der Waals surface area contributed by atoms with E-state index in [2.05, 4.69) is 0 Å². The minimum atomic E-state index is -4.68. The molecule has 0 unspecified atom stereocenters. The molecule has 1 N–H and O–H groups in total. The Labute approximate surface area is 113 Å². The summed E-state index contributed by atoms with van der Waals surface area (Å²) in [5.74, 6) is -2.30. The molecule has 0 aliphatic carbocycles. The van der Waals surface area contributed by atoms with Gasteiger partial charge in [0, 0.05) is 7.05 Å². The van der Waals surface area contributed by atoms with Gasteiger partial charge >= 0.3 is 12.1 Å². The van der Waals surface area contributed by atoms with Crippen LogP contribution in [0, 0.1) is 0 Å². The molecule has 4 nitrogen and oxygen atoms in total. The number of carbonyl (C=O) groups is 2. The van der Waals surface area contributed by atoms with Gasteiger partial charge in [-0.05, 0) is 26.0 Å². The molecule has 0 spiro atoms. The van der Waals surface area contributed by atoms with Gasteiger partial charge in [0.1, 0.15) is 5.54 Å². The van der Waals surface area contributed by atoms with Crippen molar-refractivity contribution in [2.45, 2.75) is 25.6 Å². The molecule has 1 aromatic carbocycles. The molecule has 7 heteroatoms. The Morgan fingerprint density at radius 3 is 2.10 bits per heavy atom. The fraction of sp³-hybridized carbons (Fsp3) is 0.385. The summed E-state index contributed by atoms with van der Waals surface area (Å²) in [5.41, 5.74) is -3.27. The number of aliphatic carboxylic acids is 1. The SMILES string of the molecule is CN(C(=O)c1ccccc1C(F)(F)F)C(C)(C)C(=O)O. The molecule has 0 fully saturated rings. The van der Waals surface area contributed by atoms with Crippen molar-refractivity contribution >= 4 is 11.9 Å². The maximum Gasteiger partial charge on any atom is 0.417 e. The third-order valence-electron chi connectivity index (χ3n) is 3.13. The molecule has 1 aromatic rings. The molecule has 0 atom stereocenters. The fourth-order valence-corrected chi connectivity index (χ4v) is 1.49. The Hall–Kier alpha value is -2.05. The maximum absolute atomic E-state index is 12.8. The second-order valence-corrected chi connectivity index (χ2v) is 4.77. The molecule has 0 heterocycles. The summed E-state index contributed by atoms with van der Waals surface area (Å²) in [6, 6.07) is 4.28. The van der Waals surface area contributed by atoms with Crippen LogP contribution in [0.3, 0.4) is 0 Å². The normalized spacial score (nSPS) is 12.1. The highest BCUT2D eigenvalue weighted by Gasteiger charge is 2.40. The van der Waals surface area contributed by atoms with Crippen molar-refractivity contribution in [1.82, 2.24) is 4.90 Å². The zero-order valence-corrected chi connectivity index (χ0v) is 11.2. The number of amides is 1. The van der Waals surface area contributed by atoms with Crippen molar-refractivity contribution in [3.8, 4) is 0 Å². The van der Waals surface area contributed by atoms with Crippen LogP contribution < -0.4 is 0 Å². The lowest BCUT2D eigenvalue weighted by molar-refractivity contribution is -0.147. The van der Waals surface area contributed by atoms with E-state index in [-0.39, 0.29) is 0 Å². The molecule has 0 radical (unpaired) electrons. The lowest BCUT2D eigenvalue weighted by Crippen LogP contribution is -2.51. The predicted octanol–water partition coefficient (Wildman–Crippen LogP) is 2.64. The van der Waals surface area contributed by atoms with Crippen LogP contribution in [0.2, 0.25) is 0 Å². The molecule has 0 saturated carbocycles. The standard InChI is InChI=1S/C13H14F3NO3/c1-12(2,11(19)20)17(3)10(18)8-6-4-5-7-9(8)13(14,15)16/h4-7H,1-3H3,(H,19,20). The van der Waals surface area contributed by atoms with E-state index in [9.17, 15) is 22.8 Å². The molecule has 0 aliphatic rings. The van der Waals surface area contributed by atoms with Gasteiger partial charge in [0.15, 0.2) is 0 Å². The average molecular weight is 289 g/mol. The minimum absolute atomic E-state index is 0.572. The molecular weight excluding hydrogens is 275 g/mol. The van der Waals surface area contributed by atoms with Crippen LogP contribution in [0.25, 0.3) is 0 Å². The van der Waals surface area contributed by atoms with E-state index < -0.39 is 34.7 Å². The van der Waals surface area contributed by atoms with E-state index in [4.69, 9.17) is 5.11 Å². The summed E-state index contributed by atoms with van der Waals surface area (Å²) in [6.45, 7) is 2.48. The second-order valence-electron chi connectivity index (χ2n) is 4.77. The van der Waals surface area contributed by atoms with Gasteiger partial charge in [-0.25, -0.2) is 4.79 Å². The third kappa shape index (κ3) is 2.92. The van der Waals surface area contributed by atoms with E-state index in [0.717, 1.165) is 24.1 Å². The first-order valence-corrected chi connectivity index (χ1v) is 5.67. The summed E-state index contributed by atoms with van der Waals surface area (Å²) in [5, 5.41) is 9.02. The largest absolute Gasteiger partial charge is 0.480 e. The van der Waals surface area contributed by atoms with Gasteiger partial charge in [-0.3, -0.25) is 4.79 Å². The zero-order valence-electron chi connectivity index (χ0n) is 11.2. The quantitative estimate of drug-likeness (QED) is 0.930. The maximum atomic E-state index is 12.8. The average Bonchev–Trinajstić information content (AvgIpc) is 2.35. The fourth-order valence-electron chi connectivity index (χ4n) is 1.49. The number of carbonyl (C=O) groups excluding carboxylic acids is 1. The Morgan fingerprint density at radius 1 is 1.15 bits per heavy atom. The predicted molar refractivity (Wildman–Crippen MR) is 65.3 cm³/mol. The van der Waals surface area contributed by atoms with Gasteiger partial charge < -0.3 is 10.0 Å². The highest BCUT2D eigenvalue weighted by molar-refractivity contribution is 5.98. The van der Waals surface area contributed by atoms with Crippen molar-refractivity contribution in [1.29, 1.82) is 0 Å². The van der Waals surface area contributed by atoms with Crippen molar-refractivity contribution in [3.05, 3.63) is 35.4 Å². The third-order valence-corrected chi connectivity index (χ3v) is 3.13. The number of carboxylic acids is 1. The Morgan fingerprint density at radius 2 is 1.65 bits per heavy atom. The van der Waals surface area contributed by atoms with Crippen molar-refractivity contribution < 1.29 is 27.9 Å². The first-order valence-electron chi connectivity index (χ1n) is 5.67. The number of halogens is 3. The molecule has 1 rings (SSSR count).